The highest BCUT2D eigenvalue weighted by molar-refractivity contribution is 7.89. The lowest BCUT2D eigenvalue weighted by atomic mass is 10.1. The van der Waals surface area contributed by atoms with E-state index in [9.17, 15) is 13.2 Å². The van der Waals surface area contributed by atoms with E-state index in [1.807, 2.05) is 24.3 Å². The van der Waals surface area contributed by atoms with Crippen LogP contribution in [0.5, 0.6) is 0 Å². The number of ether oxygens (including phenoxy) is 1. The standard InChI is InChI=1S/C24H31N3O4S/c1-3-4-12-25(2)21-7-5-19(6-8-21)24(28)27-13-11-20-18-22(9-10-23(20)27)32(29,30)26-14-16-31-17-15-26/h5-10,18H,3-4,11-17H2,1-2H3. The molecule has 0 N–H and O–H groups in total. The lowest BCUT2D eigenvalue weighted by Crippen LogP contribution is -2.40. The van der Waals surface area contributed by atoms with E-state index >= 15 is 0 Å². The number of anilines is 2. The quantitative estimate of drug-likeness (QED) is 0.639. The molecule has 0 unspecified atom stereocenters. The van der Waals surface area contributed by atoms with Gasteiger partial charge in [-0.2, -0.15) is 4.31 Å². The fourth-order valence-corrected chi connectivity index (χ4v) is 5.68. The van der Waals surface area contributed by atoms with Crippen LogP contribution in [0.15, 0.2) is 47.4 Å². The van der Waals surface area contributed by atoms with Crippen molar-refractivity contribution < 1.29 is 17.9 Å². The normalized spacial score (nSPS) is 16.8. The molecule has 2 aromatic carbocycles. The van der Waals surface area contributed by atoms with Crippen molar-refractivity contribution in [1.29, 1.82) is 0 Å². The zero-order valence-corrected chi connectivity index (χ0v) is 19.6. The van der Waals surface area contributed by atoms with Gasteiger partial charge in [-0.1, -0.05) is 13.3 Å². The first-order valence-electron chi connectivity index (χ1n) is 11.3. The van der Waals surface area contributed by atoms with Gasteiger partial charge in [0.05, 0.1) is 18.1 Å². The Hall–Kier alpha value is -2.42. The number of nitrogens with zero attached hydrogens (tertiary/aromatic N) is 3. The van der Waals surface area contributed by atoms with Gasteiger partial charge in [0, 0.05) is 50.2 Å². The lowest BCUT2D eigenvalue weighted by Gasteiger charge is -2.26. The van der Waals surface area contributed by atoms with E-state index in [0.29, 0.717) is 44.8 Å². The second-order valence-electron chi connectivity index (χ2n) is 8.34. The second kappa shape index (κ2) is 9.60. The predicted molar refractivity (Wildman–Crippen MR) is 126 cm³/mol. The molecule has 0 spiro atoms. The molecule has 0 aromatic heterocycles. The minimum Gasteiger partial charge on any atom is -0.379 e. The molecular weight excluding hydrogens is 426 g/mol. The molecule has 2 aliphatic rings. The van der Waals surface area contributed by atoms with Crippen LogP contribution in [0.2, 0.25) is 0 Å². The summed E-state index contributed by atoms with van der Waals surface area (Å²) in [7, 11) is -1.49. The Balaban J connectivity index is 1.50. The average molecular weight is 458 g/mol. The molecule has 1 fully saturated rings. The summed E-state index contributed by atoms with van der Waals surface area (Å²) in [5.74, 6) is -0.0599. The number of morpholine rings is 1. The molecule has 1 saturated heterocycles. The van der Waals surface area contributed by atoms with Crippen molar-refractivity contribution in [3.63, 3.8) is 0 Å². The number of rotatable bonds is 7. The maximum absolute atomic E-state index is 13.2. The highest BCUT2D eigenvalue weighted by atomic mass is 32.2. The third-order valence-electron chi connectivity index (χ3n) is 6.20. The number of fused-ring (bicyclic) bond motifs is 1. The van der Waals surface area contributed by atoms with Crippen molar-refractivity contribution in [2.24, 2.45) is 0 Å². The molecule has 7 nitrogen and oxygen atoms in total. The van der Waals surface area contributed by atoms with Crippen molar-refractivity contribution in [1.82, 2.24) is 4.31 Å². The Morgan fingerprint density at radius 1 is 1.06 bits per heavy atom. The van der Waals surface area contributed by atoms with Gasteiger partial charge >= 0.3 is 0 Å². The summed E-state index contributed by atoms with van der Waals surface area (Å²) >= 11 is 0. The van der Waals surface area contributed by atoms with Crippen LogP contribution in [0.4, 0.5) is 11.4 Å². The van der Waals surface area contributed by atoms with Gasteiger partial charge in [0.15, 0.2) is 0 Å². The van der Waals surface area contributed by atoms with Gasteiger partial charge in [0.1, 0.15) is 0 Å². The molecular formula is C24H31N3O4S. The molecule has 0 aliphatic carbocycles. The zero-order chi connectivity index (χ0) is 22.7. The van der Waals surface area contributed by atoms with E-state index in [1.165, 1.54) is 4.31 Å². The topological polar surface area (TPSA) is 70.2 Å². The van der Waals surface area contributed by atoms with Crippen LogP contribution in [0.25, 0.3) is 0 Å². The maximum Gasteiger partial charge on any atom is 0.258 e. The third kappa shape index (κ3) is 4.53. The van der Waals surface area contributed by atoms with Crippen molar-refractivity contribution in [3.05, 3.63) is 53.6 Å². The van der Waals surface area contributed by atoms with Crippen LogP contribution in [-0.2, 0) is 21.2 Å². The Bertz CT molecular complexity index is 1060. The molecule has 0 radical (unpaired) electrons. The summed E-state index contributed by atoms with van der Waals surface area (Å²) in [6.07, 6.45) is 2.92. The maximum atomic E-state index is 13.2. The number of unbranched alkanes of at least 4 members (excludes halogenated alkanes) is 1. The summed E-state index contributed by atoms with van der Waals surface area (Å²) in [5, 5.41) is 0. The van der Waals surface area contributed by atoms with Gasteiger partial charge in [-0.05, 0) is 60.9 Å². The largest absolute Gasteiger partial charge is 0.379 e. The molecule has 8 heteroatoms. The summed E-state index contributed by atoms with van der Waals surface area (Å²) in [6, 6.07) is 12.8. The minimum atomic E-state index is -3.55. The van der Waals surface area contributed by atoms with E-state index in [4.69, 9.17) is 4.74 Å². The number of hydrogen-bond acceptors (Lipinski definition) is 5. The number of benzene rings is 2. The van der Waals surface area contributed by atoms with Crippen molar-refractivity contribution in [2.75, 3.05) is 56.2 Å². The highest BCUT2D eigenvalue weighted by Crippen LogP contribution is 2.32. The van der Waals surface area contributed by atoms with Crippen LogP contribution in [-0.4, -0.2) is 65.1 Å². The van der Waals surface area contributed by atoms with Gasteiger partial charge in [-0.25, -0.2) is 8.42 Å². The zero-order valence-electron chi connectivity index (χ0n) is 18.8. The molecule has 32 heavy (non-hydrogen) atoms. The predicted octanol–water partition coefficient (Wildman–Crippen LogP) is 3.15. The van der Waals surface area contributed by atoms with Gasteiger partial charge in [0.25, 0.3) is 5.91 Å². The van der Waals surface area contributed by atoms with Crippen molar-refractivity contribution in [3.8, 4) is 0 Å². The number of carbonyl (C=O) groups is 1. The molecule has 172 valence electrons. The molecule has 2 aromatic rings. The molecule has 1 amide bonds. The SMILES string of the molecule is CCCCN(C)c1ccc(C(=O)N2CCc3cc(S(=O)(=O)N4CCOCC4)ccc32)cc1. The highest BCUT2D eigenvalue weighted by Gasteiger charge is 2.30. The van der Waals surface area contributed by atoms with Crippen LogP contribution in [0.3, 0.4) is 0 Å². The molecule has 2 heterocycles. The van der Waals surface area contributed by atoms with Crippen LogP contribution in [0.1, 0.15) is 35.7 Å². The van der Waals surface area contributed by atoms with Gasteiger partial charge in [0.2, 0.25) is 10.0 Å². The van der Waals surface area contributed by atoms with E-state index in [0.717, 1.165) is 36.3 Å². The lowest BCUT2D eigenvalue weighted by molar-refractivity contribution is 0.0730. The van der Waals surface area contributed by atoms with Gasteiger partial charge in [-0.15, -0.1) is 0 Å². The Morgan fingerprint density at radius 3 is 2.47 bits per heavy atom. The Kier molecular flexibility index (Phi) is 6.83. The molecule has 0 atom stereocenters. The summed E-state index contributed by atoms with van der Waals surface area (Å²) in [5.41, 5.74) is 3.41. The van der Waals surface area contributed by atoms with E-state index in [1.54, 1.807) is 23.1 Å². The van der Waals surface area contributed by atoms with E-state index < -0.39 is 10.0 Å². The third-order valence-corrected chi connectivity index (χ3v) is 8.10. The number of hydrogen-bond donors (Lipinski definition) is 0. The monoisotopic (exact) mass is 457 g/mol. The number of sulfonamides is 1. The van der Waals surface area contributed by atoms with Crippen LogP contribution >= 0.6 is 0 Å². The van der Waals surface area contributed by atoms with E-state index in [2.05, 4.69) is 18.9 Å². The molecule has 4 rings (SSSR count). The van der Waals surface area contributed by atoms with Gasteiger partial charge in [-0.3, -0.25) is 4.79 Å². The molecule has 0 bridgehead atoms. The summed E-state index contributed by atoms with van der Waals surface area (Å²) in [6.45, 7) is 5.28. The number of amides is 1. The molecule has 0 saturated carbocycles. The fourth-order valence-electron chi connectivity index (χ4n) is 4.22. The smallest absolute Gasteiger partial charge is 0.258 e. The van der Waals surface area contributed by atoms with Crippen molar-refractivity contribution >= 4 is 27.3 Å². The Labute approximate surface area is 190 Å². The number of carbonyl (C=O) groups excluding carboxylic acids is 1. The van der Waals surface area contributed by atoms with Crippen LogP contribution < -0.4 is 9.80 Å². The molecule has 2 aliphatic heterocycles. The summed E-state index contributed by atoms with van der Waals surface area (Å²) < 4.78 is 32.7. The minimum absolute atomic E-state index is 0.0599. The van der Waals surface area contributed by atoms with Crippen LogP contribution in [0, 0.1) is 0 Å². The summed E-state index contributed by atoms with van der Waals surface area (Å²) in [4.78, 5) is 17.4. The van der Waals surface area contributed by atoms with E-state index in [-0.39, 0.29) is 10.8 Å². The fraction of sp³-hybridized carbons (Fsp3) is 0.458. The van der Waals surface area contributed by atoms with Gasteiger partial charge < -0.3 is 14.5 Å². The first-order valence-corrected chi connectivity index (χ1v) is 12.7. The second-order valence-corrected chi connectivity index (χ2v) is 10.3. The first kappa shape index (κ1) is 22.8. The van der Waals surface area contributed by atoms with Crippen molar-refractivity contribution in [2.45, 2.75) is 31.1 Å². The first-order chi connectivity index (χ1) is 15.4. The average Bonchev–Trinajstić information content (AvgIpc) is 3.26. The Morgan fingerprint density at radius 2 is 1.78 bits per heavy atom.